The van der Waals surface area contributed by atoms with Gasteiger partial charge in [-0.3, -0.25) is 19.1 Å². The number of aryl methyl sites for hydroxylation is 1. The monoisotopic (exact) mass is 311 g/mol. The molecule has 1 aromatic heterocycles. The van der Waals surface area contributed by atoms with Crippen molar-refractivity contribution in [1.29, 1.82) is 0 Å². The summed E-state index contributed by atoms with van der Waals surface area (Å²) in [6.07, 6.45) is 1.28. The summed E-state index contributed by atoms with van der Waals surface area (Å²) in [4.78, 5) is 36.2. The van der Waals surface area contributed by atoms with Crippen LogP contribution < -0.4 is 17.0 Å². The van der Waals surface area contributed by atoms with Crippen LogP contribution >= 0.6 is 0 Å². The molecular formula is C14H21N3O5. The molecule has 1 fully saturated rings. The summed E-state index contributed by atoms with van der Waals surface area (Å²) in [5.74, 6) is -0.137. The minimum atomic E-state index is -0.755. The van der Waals surface area contributed by atoms with Crippen LogP contribution in [0, 0.1) is 12.8 Å². The smallest absolute Gasteiger partial charge is 0.330 e. The molecule has 0 bridgehead atoms. The number of nitrogens with two attached hydrogens (primary N) is 1. The summed E-state index contributed by atoms with van der Waals surface area (Å²) in [7, 11) is 0. The number of hydrogen-bond donors (Lipinski definition) is 2. The molecule has 8 nitrogen and oxygen atoms in total. The highest BCUT2D eigenvalue weighted by molar-refractivity contribution is 5.37. The fourth-order valence-electron chi connectivity index (χ4n) is 2.89. The Morgan fingerprint density at radius 1 is 1.55 bits per heavy atom. The van der Waals surface area contributed by atoms with Gasteiger partial charge in [-0.25, -0.2) is 4.79 Å². The second-order valence-corrected chi connectivity index (χ2v) is 5.68. The SMILES string of the molecule is CC[C@@]1(COC=O)O[C@@H](n2cc(C)c(=O)[nH]c2=O)C(N)[C@H]1C. The molecule has 0 spiro atoms. The molecule has 3 N–H and O–H groups in total. The number of nitrogens with zero attached hydrogens (tertiary/aromatic N) is 1. The highest BCUT2D eigenvalue weighted by atomic mass is 16.6. The van der Waals surface area contributed by atoms with Gasteiger partial charge >= 0.3 is 5.69 Å². The van der Waals surface area contributed by atoms with Crippen LogP contribution in [0.3, 0.4) is 0 Å². The topological polar surface area (TPSA) is 116 Å². The average molecular weight is 311 g/mol. The van der Waals surface area contributed by atoms with Gasteiger partial charge < -0.3 is 15.2 Å². The Morgan fingerprint density at radius 3 is 2.82 bits per heavy atom. The normalized spacial score (nSPS) is 31.2. The van der Waals surface area contributed by atoms with E-state index in [1.54, 1.807) is 6.92 Å². The van der Waals surface area contributed by atoms with E-state index in [2.05, 4.69) is 4.98 Å². The second-order valence-electron chi connectivity index (χ2n) is 5.68. The van der Waals surface area contributed by atoms with Gasteiger partial charge in [0.15, 0.2) is 6.23 Å². The number of aromatic nitrogens is 2. The molecule has 0 radical (unpaired) electrons. The van der Waals surface area contributed by atoms with Crippen molar-refractivity contribution >= 4 is 6.47 Å². The van der Waals surface area contributed by atoms with E-state index in [1.165, 1.54) is 10.8 Å². The highest BCUT2D eigenvalue weighted by Gasteiger charge is 2.51. The molecule has 1 aromatic rings. The molecule has 8 heteroatoms. The quantitative estimate of drug-likeness (QED) is 0.719. The fraction of sp³-hybridized carbons (Fsp3) is 0.643. The van der Waals surface area contributed by atoms with Crippen LogP contribution in [0.4, 0.5) is 0 Å². The van der Waals surface area contributed by atoms with E-state index in [9.17, 15) is 14.4 Å². The van der Waals surface area contributed by atoms with Gasteiger partial charge in [-0.15, -0.1) is 0 Å². The minimum Gasteiger partial charge on any atom is -0.465 e. The van der Waals surface area contributed by atoms with Crippen molar-refractivity contribution in [2.45, 2.75) is 45.1 Å². The Hall–Kier alpha value is -1.93. The maximum atomic E-state index is 12.0. The first-order chi connectivity index (χ1) is 10.4. The number of rotatable bonds is 5. The lowest BCUT2D eigenvalue weighted by Crippen LogP contribution is -2.43. The van der Waals surface area contributed by atoms with Crippen LogP contribution in [0.2, 0.25) is 0 Å². The van der Waals surface area contributed by atoms with Crippen LogP contribution in [-0.2, 0) is 14.3 Å². The van der Waals surface area contributed by atoms with E-state index >= 15 is 0 Å². The molecule has 2 heterocycles. The lowest BCUT2D eigenvalue weighted by atomic mass is 9.84. The zero-order valence-electron chi connectivity index (χ0n) is 12.9. The van der Waals surface area contributed by atoms with Crippen molar-refractivity contribution in [2.75, 3.05) is 6.61 Å². The van der Waals surface area contributed by atoms with Crippen molar-refractivity contribution in [1.82, 2.24) is 9.55 Å². The summed E-state index contributed by atoms with van der Waals surface area (Å²) in [6.45, 7) is 5.83. The van der Waals surface area contributed by atoms with Gasteiger partial charge in [0.05, 0.1) is 6.04 Å². The van der Waals surface area contributed by atoms with Gasteiger partial charge in [-0.2, -0.15) is 0 Å². The predicted molar refractivity (Wildman–Crippen MR) is 78.4 cm³/mol. The molecule has 0 aromatic carbocycles. The van der Waals surface area contributed by atoms with Gasteiger partial charge in [0.2, 0.25) is 0 Å². The van der Waals surface area contributed by atoms with Crippen LogP contribution in [0.1, 0.15) is 32.1 Å². The van der Waals surface area contributed by atoms with E-state index < -0.39 is 29.1 Å². The standard InChI is InChI=1S/C14H21N3O5/c1-4-14(6-21-7-18)9(3)10(15)12(22-14)17-5-8(2)11(19)16-13(17)20/h5,7,9-10,12H,4,6,15H2,1-3H3,(H,16,19,20)/t9-,10?,12-,14+/m1/s1. The summed E-state index contributed by atoms with van der Waals surface area (Å²) < 4.78 is 12.2. The number of H-pyrrole nitrogens is 1. The number of carbonyl (C=O) groups excluding carboxylic acids is 1. The Morgan fingerprint density at radius 2 is 2.23 bits per heavy atom. The Balaban J connectivity index is 2.42. The number of hydrogen-bond acceptors (Lipinski definition) is 6. The molecule has 1 saturated heterocycles. The third-order valence-electron chi connectivity index (χ3n) is 4.51. The lowest BCUT2D eigenvalue weighted by Gasteiger charge is -2.30. The molecule has 0 saturated carbocycles. The molecule has 0 aliphatic carbocycles. The van der Waals surface area contributed by atoms with E-state index in [0.29, 0.717) is 18.5 Å². The van der Waals surface area contributed by atoms with Gasteiger partial charge in [-0.1, -0.05) is 13.8 Å². The summed E-state index contributed by atoms with van der Waals surface area (Å²) in [5, 5.41) is 0. The zero-order valence-corrected chi connectivity index (χ0v) is 12.9. The van der Waals surface area contributed by atoms with Crippen molar-refractivity contribution < 1.29 is 14.3 Å². The molecular weight excluding hydrogens is 290 g/mol. The fourth-order valence-corrected chi connectivity index (χ4v) is 2.89. The summed E-state index contributed by atoms with van der Waals surface area (Å²) in [6, 6.07) is -0.474. The third-order valence-corrected chi connectivity index (χ3v) is 4.51. The van der Waals surface area contributed by atoms with Crippen LogP contribution in [0.25, 0.3) is 0 Å². The first-order valence-electron chi connectivity index (χ1n) is 7.17. The van der Waals surface area contributed by atoms with Crippen molar-refractivity contribution in [2.24, 2.45) is 11.7 Å². The van der Waals surface area contributed by atoms with Gasteiger partial charge in [0, 0.05) is 17.7 Å². The zero-order chi connectivity index (χ0) is 16.5. The Labute approximate surface area is 127 Å². The predicted octanol–water partition coefficient (Wildman–Crippen LogP) is -0.341. The maximum absolute atomic E-state index is 12.0. The Kier molecular flexibility index (Phi) is 4.52. The van der Waals surface area contributed by atoms with Crippen LogP contribution in [-0.4, -0.2) is 34.3 Å². The second kappa shape index (κ2) is 6.05. The Bertz CT molecular complexity index is 667. The van der Waals surface area contributed by atoms with Gasteiger partial charge in [-0.05, 0) is 13.3 Å². The molecule has 2 rings (SSSR count). The average Bonchev–Trinajstić information content (AvgIpc) is 2.74. The first kappa shape index (κ1) is 16.4. The largest absolute Gasteiger partial charge is 0.465 e. The number of nitrogens with one attached hydrogen (secondary N) is 1. The van der Waals surface area contributed by atoms with Crippen molar-refractivity contribution in [3.05, 3.63) is 32.6 Å². The molecule has 0 amide bonds. The maximum Gasteiger partial charge on any atom is 0.330 e. The minimum absolute atomic E-state index is 0.0649. The molecule has 4 atom stereocenters. The molecule has 22 heavy (non-hydrogen) atoms. The van der Waals surface area contributed by atoms with Gasteiger partial charge in [0.25, 0.3) is 12.0 Å². The van der Waals surface area contributed by atoms with Gasteiger partial charge in [0.1, 0.15) is 12.2 Å². The van der Waals surface area contributed by atoms with Crippen molar-refractivity contribution in [3.63, 3.8) is 0 Å². The summed E-state index contributed by atoms with van der Waals surface area (Å²) in [5.41, 5.74) is 4.83. The summed E-state index contributed by atoms with van der Waals surface area (Å²) >= 11 is 0. The number of carbonyl (C=O) groups is 1. The molecule has 122 valence electrons. The van der Waals surface area contributed by atoms with E-state index in [-0.39, 0.29) is 12.5 Å². The lowest BCUT2D eigenvalue weighted by molar-refractivity contribution is -0.149. The number of ether oxygens (including phenoxy) is 2. The van der Waals surface area contributed by atoms with E-state index in [0.717, 1.165) is 0 Å². The van der Waals surface area contributed by atoms with E-state index in [1.807, 2.05) is 13.8 Å². The highest BCUT2D eigenvalue weighted by Crippen LogP contribution is 2.42. The number of aromatic amines is 1. The molecule has 1 aliphatic heterocycles. The molecule has 1 aliphatic rings. The van der Waals surface area contributed by atoms with Crippen molar-refractivity contribution in [3.8, 4) is 0 Å². The third kappa shape index (κ3) is 2.59. The van der Waals surface area contributed by atoms with Crippen LogP contribution in [0.15, 0.2) is 15.8 Å². The van der Waals surface area contributed by atoms with E-state index in [4.69, 9.17) is 15.2 Å². The first-order valence-corrected chi connectivity index (χ1v) is 7.17. The molecule has 1 unspecified atom stereocenters. The van der Waals surface area contributed by atoms with Crippen LogP contribution in [0.5, 0.6) is 0 Å².